The van der Waals surface area contributed by atoms with E-state index in [0.29, 0.717) is 18.2 Å². The first-order chi connectivity index (χ1) is 13.6. The van der Waals surface area contributed by atoms with Gasteiger partial charge in [0.1, 0.15) is 0 Å². The fourth-order valence-electron chi connectivity index (χ4n) is 3.56. The van der Waals surface area contributed by atoms with Gasteiger partial charge in [-0.25, -0.2) is 4.98 Å². The molecule has 0 saturated heterocycles. The van der Waals surface area contributed by atoms with E-state index in [1.807, 2.05) is 42.6 Å². The number of carbonyl (C=O) groups is 2. The molecule has 3 aromatic rings. The molecule has 28 heavy (non-hydrogen) atoms. The summed E-state index contributed by atoms with van der Waals surface area (Å²) in [7, 11) is 0. The lowest BCUT2D eigenvalue weighted by atomic mass is 9.95. The maximum atomic E-state index is 12.7. The molecule has 2 aliphatic rings. The minimum Gasteiger partial charge on any atom is -0.349 e. The number of aryl methyl sites for hydroxylation is 1. The van der Waals surface area contributed by atoms with Gasteiger partial charge in [0.15, 0.2) is 5.13 Å². The Bertz CT molecular complexity index is 1090. The summed E-state index contributed by atoms with van der Waals surface area (Å²) in [4.78, 5) is 31.1. The third-order valence-electron chi connectivity index (χ3n) is 5.28. The molecule has 1 aliphatic carbocycles. The maximum Gasteiger partial charge on any atom is 0.260 e. The first kappa shape index (κ1) is 17.1. The van der Waals surface area contributed by atoms with Gasteiger partial charge in [0.05, 0.1) is 6.54 Å². The number of nitrogens with zero attached hydrogens (tertiary/aromatic N) is 2. The zero-order valence-electron chi connectivity index (χ0n) is 15.4. The molecular formula is C22H19N3O2S. The minimum absolute atomic E-state index is 0.00853. The standard InChI is InChI=1S/C22H19N3O2S/c1-13-2-3-15(20(26)24-17-5-6-17)11-19(13)14-4-7-18-16(10-14)12-25(21(18)27)22-23-8-9-28-22/h2-4,7-11,17H,5-6,12H2,1H3,(H,24,26). The quantitative estimate of drug-likeness (QED) is 0.728. The van der Waals surface area contributed by atoms with Crippen LogP contribution in [0.5, 0.6) is 0 Å². The Hall–Kier alpha value is -2.99. The molecule has 5 nitrogen and oxygen atoms in total. The summed E-state index contributed by atoms with van der Waals surface area (Å²) in [5.74, 6) is -0.0270. The molecule has 0 bridgehead atoms. The fourth-order valence-corrected chi connectivity index (χ4v) is 4.20. The Morgan fingerprint density at radius 1 is 1.18 bits per heavy atom. The summed E-state index contributed by atoms with van der Waals surface area (Å²) < 4.78 is 0. The Labute approximate surface area is 167 Å². The zero-order chi connectivity index (χ0) is 19.3. The summed E-state index contributed by atoms with van der Waals surface area (Å²) in [6, 6.07) is 12.1. The van der Waals surface area contributed by atoms with E-state index in [4.69, 9.17) is 0 Å². The van der Waals surface area contributed by atoms with Crippen molar-refractivity contribution >= 4 is 28.3 Å². The van der Waals surface area contributed by atoms with E-state index in [-0.39, 0.29) is 11.8 Å². The molecule has 1 N–H and O–H groups in total. The number of rotatable bonds is 4. The van der Waals surface area contributed by atoms with Crippen molar-refractivity contribution in [2.24, 2.45) is 0 Å². The lowest BCUT2D eigenvalue weighted by Crippen LogP contribution is -2.25. The summed E-state index contributed by atoms with van der Waals surface area (Å²) in [6.45, 7) is 2.56. The second kappa shape index (κ2) is 6.56. The normalized spacial score (nSPS) is 15.6. The van der Waals surface area contributed by atoms with Crippen molar-refractivity contribution < 1.29 is 9.59 Å². The van der Waals surface area contributed by atoms with Crippen molar-refractivity contribution in [2.75, 3.05) is 4.90 Å². The predicted molar refractivity (Wildman–Crippen MR) is 110 cm³/mol. The third kappa shape index (κ3) is 2.99. The molecule has 5 rings (SSSR count). The van der Waals surface area contributed by atoms with Crippen molar-refractivity contribution in [3.05, 3.63) is 70.2 Å². The molecule has 0 radical (unpaired) electrons. The number of fused-ring (bicyclic) bond motifs is 1. The fraction of sp³-hybridized carbons (Fsp3) is 0.227. The van der Waals surface area contributed by atoms with Gasteiger partial charge in [0, 0.05) is 28.7 Å². The number of anilines is 1. The topological polar surface area (TPSA) is 62.3 Å². The van der Waals surface area contributed by atoms with Crippen LogP contribution < -0.4 is 10.2 Å². The number of benzene rings is 2. The number of aromatic nitrogens is 1. The van der Waals surface area contributed by atoms with Crippen LogP contribution in [0.1, 0.15) is 44.7 Å². The van der Waals surface area contributed by atoms with Crippen molar-refractivity contribution in [3.8, 4) is 11.1 Å². The average molecular weight is 389 g/mol. The Balaban J connectivity index is 1.48. The first-order valence-corrected chi connectivity index (χ1v) is 10.2. The summed E-state index contributed by atoms with van der Waals surface area (Å²) >= 11 is 1.46. The highest BCUT2D eigenvalue weighted by molar-refractivity contribution is 7.13. The second-order valence-electron chi connectivity index (χ2n) is 7.36. The van der Waals surface area contributed by atoms with E-state index < -0.39 is 0 Å². The van der Waals surface area contributed by atoms with Gasteiger partial charge < -0.3 is 5.32 Å². The summed E-state index contributed by atoms with van der Waals surface area (Å²) in [5.41, 5.74) is 5.53. The van der Waals surface area contributed by atoms with Crippen molar-refractivity contribution in [3.63, 3.8) is 0 Å². The number of amides is 2. The van der Waals surface area contributed by atoms with Crippen molar-refractivity contribution in [1.29, 1.82) is 0 Å². The second-order valence-corrected chi connectivity index (χ2v) is 8.23. The number of hydrogen-bond donors (Lipinski definition) is 1. The molecule has 1 saturated carbocycles. The van der Waals surface area contributed by atoms with Gasteiger partial charge in [-0.3, -0.25) is 14.5 Å². The Morgan fingerprint density at radius 3 is 2.79 bits per heavy atom. The Kier molecular flexibility index (Phi) is 4.02. The van der Waals surface area contributed by atoms with E-state index in [1.54, 1.807) is 11.1 Å². The van der Waals surface area contributed by atoms with E-state index in [9.17, 15) is 9.59 Å². The van der Waals surface area contributed by atoms with Crippen LogP contribution in [-0.4, -0.2) is 22.8 Å². The molecule has 0 atom stereocenters. The van der Waals surface area contributed by atoms with Gasteiger partial charge in [0.2, 0.25) is 0 Å². The number of nitrogens with one attached hydrogen (secondary N) is 1. The van der Waals surface area contributed by atoms with Gasteiger partial charge >= 0.3 is 0 Å². The highest BCUT2D eigenvalue weighted by Gasteiger charge is 2.30. The number of hydrogen-bond acceptors (Lipinski definition) is 4. The van der Waals surface area contributed by atoms with Crippen LogP contribution in [-0.2, 0) is 6.54 Å². The molecule has 2 aromatic carbocycles. The summed E-state index contributed by atoms with van der Waals surface area (Å²) in [6.07, 6.45) is 3.85. The molecule has 2 amide bonds. The van der Waals surface area contributed by atoms with E-state index in [2.05, 4.69) is 16.4 Å². The molecule has 140 valence electrons. The van der Waals surface area contributed by atoms with E-state index in [0.717, 1.165) is 45.8 Å². The molecule has 1 fully saturated rings. The molecule has 0 spiro atoms. The lowest BCUT2D eigenvalue weighted by Gasteiger charge is -2.11. The smallest absolute Gasteiger partial charge is 0.260 e. The minimum atomic E-state index is -0.0185. The lowest BCUT2D eigenvalue weighted by molar-refractivity contribution is 0.0949. The van der Waals surface area contributed by atoms with Gasteiger partial charge in [-0.15, -0.1) is 11.3 Å². The largest absolute Gasteiger partial charge is 0.349 e. The van der Waals surface area contributed by atoms with Crippen LogP contribution in [0.4, 0.5) is 5.13 Å². The first-order valence-electron chi connectivity index (χ1n) is 9.36. The van der Waals surface area contributed by atoms with Gasteiger partial charge in [0.25, 0.3) is 11.8 Å². The van der Waals surface area contributed by atoms with Crippen LogP contribution in [0.25, 0.3) is 11.1 Å². The van der Waals surface area contributed by atoms with Crippen LogP contribution >= 0.6 is 11.3 Å². The zero-order valence-corrected chi connectivity index (χ0v) is 16.3. The van der Waals surface area contributed by atoms with Crippen LogP contribution in [0.3, 0.4) is 0 Å². The van der Waals surface area contributed by atoms with Gasteiger partial charge in [-0.2, -0.15) is 0 Å². The molecule has 1 aromatic heterocycles. The molecule has 1 aliphatic heterocycles. The van der Waals surface area contributed by atoms with E-state index in [1.165, 1.54) is 11.3 Å². The van der Waals surface area contributed by atoms with Crippen molar-refractivity contribution in [2.45, 2.75) is 32.4 Å². The molecule has 0 unspecified atom stereocenters. The third-order valence-corrected chi connectivity index (χ3v) is 6.08. The number of carbonyl (C=O) groups excluding carboxylic acids is 2. The van der Waals surface area contributed by atoms with Crippen molar-refractivity contribution in [1.82, 2.24) is 10.3 Å². The highest BCUT2D eigenvalue weighted by atomic mass is 32.1. The average Bonchev–Trinajstić information content (AvgIpc) is 3.23. The molecule has 6 heteroatoms. The van der Waals surface area contributed by atoms with Gasteiger partial charge in [-0.1, -0.05) is 12.1 Å². The van der Waals surface area contributed by atoms with Crippen LogP contribution in [0.15, 0.2) is 48.0 Å². The van der Waals surface area contributed by atoms with Gasteiger partial charge in [-0.05, 0) is 66.3 Å². The highest BCUT2D eigenvalue weighted by Crippen LogP contribution is 2.33. The van der Waals surface area contributed by atoms with Crippen LogP contribution in [0.2, 0.25) is 0 Å². The summed E-state index contributed by atoms with van der Waals surface area (Å²) in [5, 5.41) is 5.63. The monoisotopic (exact) mass is 389 g/mol. The molecular weight excluding hydrogens is 370 g/mol. The molecule has 2 heterocycles. The number of thiazole rings is 1. The van der Waals surface area contributed by atoms with Crippen LogP contribution in [0, 0.1) is 6.92 Å². The SMILES string of the molecule is Cc1ccc(C(=O)NC2CC2)cc1-c1ccc2c(c1)CN(c1nccs1)C2=O. The van der Waals surface area contributed by atoms with E-state index >= 15 is 0 Å². The predicted octanol–water partition coefficient (Wildman–Crippen LogP) is 4.17. The maximum absolute atomic E-state index is 12.7. The Morgan fingerprint density at radius 2 is 2.04 bits per heavy atom.